The van der Waals surface area contributed by atoms with Crippen LogP contribution < -0.4 is 9.64 Å². The molecule has 0 aliphatic heterocycles. The van der Waals surface area contributed by atoms with E-state index in [-0.39, 0.29) is 11.3 Å². The molecule has 14 heavy (non-hydrogen) atoms. The molecule has 4 heteroatoms. The number of rotatable bonds is 3. The maximum Gasteiger partial charge on any atom is 0.153 e. The molecule has 0 unspecified atom stereocenters. The highest BCUT2D eigenvalue weighted by atomic mass is 16.5. The molecule has 0 aromatic heterocycles. The fourth-order valence-corrected chi connectivity index (χ4v) is 1.18. The van der Waals surface area contributed by atoms with Crippen LogP contribution >= 0.6 is 0 Å². The predicted molar refractivity (Wildman–Crippen MR) is 54.4 cm³/mol. The second-order valence-corrected chi connectivity index (χ2v) is 3.10. The van der Waals surface area contributed by atoms with Crippen LogP contribution in [0.15, 0.2) is 12.1 Å². The Balaban J connectivity index is 3.31. The molecule has 0 saturated carbocycles. The van der Waals surface area contributed by atoms with Crippen LogP contribution in [0.25, 0.3) is 0 Å². The average molecular weight is 195 g/mol. The van der Waals surface area contributed by atoms with Gasteiger partial charge in [0.1, 0.15) is 11.5 Å². The normalized spacial score (nSPS) is 9.64. The first-order valence-corrected chi connectivity index (χ1v) is 4.13. The van der Waals surface area contributed by atoms with Crippen LogP contribution in [-0.2, 0) is 0 Å². The molecule has 76 valence electrons. The highest BCUT2D eigenvalue weighted by Gasteiger charge is 2.10. The lowest BCUT2D eigenvalue weighted by molar-refractivity contribution is 0.112. The smallest absolute Gasteiger partial charge is 0.153 e. The van der Waals surface area contributed by atoms with Gasteiger partial charge in [-0.15, -0.1) is 0 Å². The van der Waals surface area contributed by atoms with Gasteiger partial charge in [0.05, 0.1) is 18.4 Å². The number of benzene rings is 1. The van der Waals surface area contributed by atoms with Gasteiger partial charge in [-0.1, -0.05) is 0 Å². The van der Waals surface area contributed by atoms with Gasteiger partial charge in [-0.25, -0.2) is 0 Å². The first-order valence-electron chi connectivity index (χ1n) is 4.13. The molecule has 1 rings (SSSR count). The summed E-state index contributed by atoms with van der Waals surface area (Å²) >= 11 is 0. The lowest BCUT2D eigenvalue weighted by Crippen LogP contribution is -2.10. The second-order valence-electron chi connectivity index (χ2n) is 3.10. The number of anilines is 1. The van der Waals surface area contributed by atoms with E-state index >= 15 is 0 Å². The van der Waals surface area contributed by atoms with Gasteiger partial charge in [-0.05, 0) is 6.07 Å². The van der Waals surface area contributed by atoms with Gasteiger partial charge in [0, 0.05) is 20.2 Å². The zero-order valence-electron chi connectivity index (χ0n) is 8.44. The SMILES string of the molecule is COc1cc(C=O)c(O)cc1N(C)C. The minimum Gasteiger partial charge on any atom is -0.507 e. The van der Waals surface area contributed by atoms with Crippen molar-refractivity contribution in [2.45, 2.75) is 0 Å². The Hall–Kier alpha value is -1.71. The van der Waals surface area contributed by atoms with E-state index in [0.717, 1.165) is 5.69 Å². The van der Waals surface area contributed by atoms with Crippen molar-refractivity contribution in [2.75, 3.05) is 26.1 Å². The fourth-order valence-electron chi connectivity index (χ4n) is 1.18. The lowest BCUT2D eigenvalue weighted by Gasteiger charge is -2.17. The number of ether oxygens (including phenoxy) is 1. The monoisotopic (exact) mass is 195 g/mol. The number of phenolic OH excluding ortho intramolecular Hbond substituents is 1. The summed E-state index contributed by atoms with van der Waals surface area (Å²) in [6, 6.07) is 3.01. The molecule has 0 fully saturated rings. The third kappa shape index (κ3) is 1.79. The van der Waals surface area contributed by atoms with Gasteiger partial charge in [0.2, 0.25) is 0 Å². The molecule has 1 N–H and O–H groups in total. The minimum absolute atomic E-state index is 0.0375. The number of nitrogens with zero attached hydrogens (tertiary/aromatic N) is 1. The quantitative estimate of drug-likeness (QED) is 0.738. The van der Waals surface area contributed by atoms with E-state index in [1.165, 1.54) is 19.2 Å². The molecule has 0 saturated heterocycles. The molecule has 4 nitrogen and oxygen atoms in total. The van der Waals surface area contributed by atoms with Gasteiger partial charge < -0.3 is 14.7 Å². The summed E-state index contributed by atoms with van der Waals surface area (Å²) in [5, 5.41) is 9.45. The summed E-state index contributed by atoms with van der Waals surface area (Å²) < 4.78 is 5.09. The third-order valence-corrected chi connectivity index (χ3v) is 1.94. The summed E-state index contributed by atoms with van der Waals surface area (Å²) in [6.07, 6.45) is 0.595. The molecular weight excluding hydrogens is 182 g/mol. The Kier molecular flexibility index (Phi) is 2.96. The Morgan fingerprint density at radius 2 is 2.07 bits per heavy atom. The van der Waals surface area contributed by atoms with Crippen LogP contribution in [0.2, 0.25) is 0 Å². The van der Waals surface area contributed by atoms with Crippen LogP contribution in [0.3, 0.4) is 0 Å². The molecule has 1 aromatic rings. The van der Waals surface area contributed by atoms with Gasteiger partial charge >= 0.3 is 0 Å². The lowest BCUT2D eigenvalue weighted by atomic mass is 10.1. The molecule has 0 amide bonds. The Morgan fingerprint density at radius 3 is 2.50 bits per heavy atom. The zero-order valence-corrected chi connectivity index (χ0v) is 8.44. The van der Waals surface area contributed by atoms with E-state index in [2.05, 4.69) is 0 Å². The van der Waals surface area contributed by atoms with Crippen LogP contribution in [0.4, 0.5) is 5.69 Å². The largest absolute Gasteiger partial charge is 0.507 e. The summed E-state index contributed by atoms with van der Waals surface area (Å²) in [7, 11) is 5.18. The zero-order chi connectivity index (χ0) is 10.7. The number of hydrogen-bond donors (Lipinski definition) is 1. The number of carbonyl (C=O) groups is 1. The van der Waals surface area contributed by atoms with E-state index in [9.17, 15) is 9.90 Å². The molecule has 0 atom stereocenters. The summed E-state index contributed by atoms with van der Waals surface area (Å²) in [5.41, 5.74) is 0.961. The Labute approximate surface area is 82.7 Å². The summed E-state index contributed by atoms with van der Waals surface area (Å²) in [4.78, 5) is 12.3. The van der Waals surface area contributed by atoms with Crippen LogP contribution in [0.5, 0.6) is 11.5 Å². The number of hydrogen-bond acceptors (Lipinski definition) is 4. The molecule has 0 spiro atoms. The number of carbonyl (C=O) groups excluding carboxylic acids is 1. The van der Waals surface area contributed by atoms with Crippen molar-refractivity contribution in [1.82, 2.24) is 0 Å². The Bertz CT molecular complexity index is 347. The van der Waals surface area contributed by atoms with Crippen molar-refractivity contribution in [2.24, 2.45) is 0 Å². The highest BCUT2D eigenvalue weighted by Crippen LogP contribution is 2.32. The number of aldehydes is 1. The van der Waals surface area contributed by atoms with E-state index in [4.69, 9.17) is 4.74 Å². The first-order chi connectivity index (χ1) is 6.60. The van der Waals surface area contributed by atoms with Crippen molar-refractivity contribution < 1.29 is 14.6 Å². The molecule has 0 aliphatic carbocycles. The van der Waals surface area contributed by atoms with E-state index in [1.807, 2.05) is 14.1 Å². The third-order valence-electron chi connectivity index (χ3n) is 1.94. The van der Waals surface area contributed by atoms with Gasteiger partial charge in [-0.3, -0.25) is 4.79 Å². The Morgan fingerprint density at radius 1 is 1.43 bits per heavy atom. The maximum absolute atomic E-state index is 10.5. The van der Waals surface area contributed by atoms with E-state index in [0.29, 0.717) is 12.0 Å². The number of phenols is 1. The van der Waals surface area contributed by atoms with Crippen molar-refractivity contribution in [3.63, 3.8) is 0 Å². The molecular formula is C10H13NO3. The van der Waals surface area contributed by atoms with Crippen molar-refractivity contribution in [3.8, 4) is 11.5 Å². The van der Waals surface area contributed by atoms with Crippen molar-refractivity contribution in [1.29, 1.82) is 0 Å². The van der Waals surface area contributed by atoms with Gasteiger partial charge in [0.15, 0.2) is 6.29 Å². The molecule has 0 aliphatic rings. The molecule has 1 aromatic carbocycles. The highest BCUT2D eigenvalue weighted by molar-refractivity contribution is 5.82. The molecule has 0 heterocycles. The molecule has 0 bridgehead atoms. The fraction of sp³-hybridized carbons (Fsp3) is 0.300. The van der Waals surface area contributed by atoms with Crippen LogP contribution in [-0.4, -0.2) is 32.6 Å². The standard InChI is InChI=1S/C10H13NO3/c1-11(2)8-5-9(13)7(6-12)4-10(8)14-3/h4-6,13H,1-3H3. The van der Waals surface area contributed by atoms with Crippen molar-refractivity contribution >= 4 is 12.0 Å². The van der Waals surface area contributed by atoms with E-state index in [1.54, 1.807) is 4.90 Å². The second kappa shape index (κ2) is 4.00. The van der Waals surface area contributed by atoms with Crippen LogP contribution in [0, 0.1) is 0 Å². The molecule has 0 radical (unpaired) electrons. The average Bonchev–Trinajstić information content (AvgIpc) is 2.17. The van der Waals surface area contributed by atoms with E-state index < -0.39 is 0 Å². The maximum atomic E-state index is 10.5. The summed E-state index contributed by atoms with van der Waals surface area (Å²) in [6.45, 7) is 0. The van der Waals surface area contributed by atoms with Crippen LogP contribution in [0.1, 0.15) is 10.4 Å². The number of methoxy groups -OCH3 is 1. The van der Waals surface area contributed by atoms with Gasteiger partial charge in [0.25, 0.3) is 0 Å². The topological polar surface area (TPSA) is 49.8 Å². The number of aromatic hydroxyl groups is 1. The first kappa shape index (κ1) is 10.4. The predicted octanol–water partition coefficient (Wildman–Crippen LogP) is 1.28. The summed E-state index contributed by atoms with van der Waals surface area (Å²) in [5.74, 6) is 0.527. The van der Waals surface area contributed by atoms with Crippen molar-refractivity contribution in [3.05, 3.63) is 17.7 Å². The van der Waals surface area contributed by atoms with Gasteiger partial charge in [-0.2, -0.15) is 0 Å². The minimum atomic E-state index is -0.0375.